The Morgan fingerprint density at radius 2 is 2.16 bits per heavy atom. The minimum atomic E-state index is -0.00840. The monoisotopic (exact) mass is 293 g/mol. The van der Waals surface area contributed by atoms with Crippen LogP contribution in [-0.2, 0) is 4.79 Å². The van der Waals surface area contributed by atoms with Crippen LogP contribution in [0.15, 0.2) is 40.1 Å². The number of amides is 1. The van der Waals surface area contributed by atoms with Gasteiger partial charge in [-0.2, -0.15) is 0 Å². The zero-order valence-electron chi connectivity index (χ0n) is 10.3. The lowest BCUT2D eigenvalue weighted by Gasteiger charge is -2.09. The van der Waals surface area contributed by atoms with Crippen LogP contribution < -0.4 is 5.32 Å². The molecule has 0 unspecified atom stereocenters. The maximum atomic E-state index is 12.0. The van der Waals surface area contributed by atoms with E-state index in [0.29, 0.717) is 23.5 Å². The quantitative estimate of drug-likeness (QED) is 0.837. The molecule has 1 amide bonds. The summed E-state index contributed by atoms with van der Waals surface area (Å²) in [5.74, 6) is -0.00840. The molecule has 0 fully saturated rings. The van der Waals surface area contributed by atoms with Gasteiger partial charge in [-0.3, -0.25) is 4.79 Å². The van der Waals surface area contributed by atoms with Crippen LogP contribution in [0.2, 0.25) is 0 Å². The van der Waals surface area contributed by atoms with Crippen molar-refractivity contribution in [1.82, 2.24) is 5.32 Å². The van der Waals surface area contributed by atoms with Crippen LogP contribution in [0, 0.1) is 0 Å². The van der Waals surface area contributed by atoms with Gasteiger partial charge in [-0.1, -0.05) is 24.3 Å². The number of benzene rings is 1. The van der Waals surface area contributed by atoms with E-state index >= 15 is 0 Å². The Balaban J connectivity index is 1.66. The van der Waals surface area contributed by atoms with Crippen molar-refractivity contribution in [1.29, 1.82) is 0 Å². The van der Waals surface area contributed by atoms with Gasteiger partial charge in [0.25, 0.3) is 5.91 Å². The van der Waals surface area contributed by atoms with E-state index in [9.17, 15) is 4.79 Å². The van der Waals surface area contributed by atoms with Crippen molar-refractivity contribution in [3.63, 3.8) is 0 Å². The number of carbonyl (C=O) groups is 1. The zero-order chi connectivity index (χ0) is 13.2. The number of rotatable bonds is 4. The first-order valence-corrected chi connectivity index (χ1v) is 8.08. The summed E-state index contributed by atoms with van der Waals surface area (Å²) < 4.78 is 0. The summed E-state index contributed by atoms with van der Waals surface area (Å²) in [5, 5.41) is 12.3. The standard InChI is InChI=1S/C14H15NO2S2/c16-7-3-6-15-14(17)12-8-11-13(19-12)9-4-1-2-5-10(9)18-11/h1-2,4-5,8,11,13,16H,3,6-7H2,(H,15,17)/t11-,13-/m0/s1. The summed E-state index contributed by atoms with van der Waals surface area (Å²) >= 11 is 3.49. The highest BCUT2D eigenvalue weighted by Gasteiger charge is 2.39. The van der Waals surface area contributed by atoms with E-state index in [1.54, 1.807) is 11.8 Å². The van der Waals surface area contributed by atoms with E-state index in [0.717, 1.165) is 4.91 Å². The van der Waals surface area contributed by atoms with Crippen molar-refractivity contribution in [3.8, 4) is 0 Å². The molecule has 0 saturated heterocycles. The second kappa shape index (κ2) is 5.61. The molecule has 0 bridgehead atoms. The summed E-state index contributed by atoms with van der Waals surface area (Å²) in [6.45, 7) is 0.646. The van der Waals surface area contributed by atoms with Crippen molar-refractivity contribution < 1.29 is 9.90 Å². The molecule has 2 heterocycles. The van der Waals surface area contributed by atoms with Crippen molar-refractivity contribution >= 4 is 29.4 Å². The summed E-state index contributed by atoms with van der Waals surface area (Å²) in [6.07, 6.45) is 2.68. The molecule has 2 aliphatic rings. The van der Waals surface area contributed by atoms with Crippen molar-refractivity contribution in [2.75, 3.05) is 13.2 Å². The van der Waals surface area contributed by atoms with Gasteiger partial charge in [-0.05, 0) is 18.1 Å². The molecule has 2 N–H and O–H groups in total. The van der Waals surface area contributed by atoms with Gasteiger partial charge in [0.2, 0.25) is 0 Å². The molecule has 100 valence electrons. The predicted molar refractivity (Wildman–Crippen MR) is 79.2 cm³/mol. The van der Waals surface area contributed by atoms with Crippen molar-refractivity contribution in [3.05, 3.63) is 40.8 Å². The Bertz CT molecular complexity index is 530. The van der Waals surface area contributed by atoms with Crippen molar-refractivity contribution in [2.24, 2.45) is 0 Å². The average molecular weight is 293 g/mol. The van der Waals surface area contributed by atoms with Gasteiger partial charge in [0.05, 0.1) is 10.2 Å². The maximum absolute atomic E-state index is 12.0. The van der Waals surface area contributed by atoms with E-state index in [-0.39, 0.29) is 12.5 Å². The first-order chi connectivity index (χ1) is 9.29. The minimum absolute atomic E-state index is 0.00840. The molecule has 1 aromatic carbocycles. The normalized spacial score (nSPS) is 23.7. The maximum Gasteiger partial charge on any atom is 0.257 e. The number of hydrogen-bond donors (Lipinski definition) is 2. The first kappa shape index (κ1) is 13.1. The second-order valence-corrected chi connectivity index (χ2v) is 6.93. The number of carbonyl (C=O) groups excluding carboxylic acids is 1. The molecule has 0 aromatic heterocycles. The van der Waals surface area contributed by atoms with Gasteiger partial charge in [-0.25, -0.2) is 0 Å². The molecule has 0 saturated carbocycles. The van der Waals surface area contributed by atoms with Crippen LogP contribution in [0.5, 0.6) is 0 Å². The van der Waals surface area contributed by atoms with E-state index in [1.807, 2.05) is 11.8 Å². The van der Waals surface area contributed by atoms with Crippen LogP contribution in [0.1, 0.15) is 17.2 Å². The SMILES string of the molecule is O=C(NCCCO)C1=C[C@@H]2Sc3ccccc3[C@@H]2S1. The van der Waals surface area contributed by atoms with Gasteiger partial charge in [0, 0.05) is 23.3 Å². The Morgan fingerprint density at radius 1 is 1.32 bits per heavy atom. The van der Waals surface area contributed by atoms with Crippen LogP contribution in [0.4, 0.5) is 0 Å². The van der Waals surface area contributed by atoms with E-state index in [4.69, 9.17) is 5.11 Å². The molecule has 3 rings (SSSR count). The molecule has 2 aliphatic heterocycles. The number of thioether (sulfide) groups is 2. The first-order valence-electron chi connectivity index (χ1n) is 6.32. The lowest BCUT2D eigenvalue weighted by atomic mass is 10.1. The number of aliphatic hydroxyl groups is 1. The molecule has 5 heteroatoms. The van der Waals surface area contributed by atoms with E-state index in [1.165, 1.54) is 10.5 Å². The smallest absolute Gasteiger partial charge is 0.257 e. The van der Waals surface area contributed by atoms with Gasteiger partial charge >= 0.3 is 0 Å². The molecule has 19 heavy (non-hydrogen) atoms. The van der Waals surface area contributed by atoms with Crippen molar-refractivity contribution in [2.45, 2.75) is 21.8 Å². The molecule has 2 atom stereocenters. The number of nitrogens with one attached hydrogen (secondary N) is 1. The van der Waals surface area contributed by atoms with Gasteiger partial charge in [-0.15, -0.1) is 23.5 Å². The van der Waals surface area contributed by atoms with Gasteiger partial charge < -0.3 is 10.4 Å². The molecule has 3 nitrogen and oxygen atoms in total. The van der Waals surface area contributed by atoms with E-state index in [2.05, 4.69) is 35.7 Å². The number of hydrogen-bond acceptors (Lipinski definition) is 4. The molecule has 0 spiro atoms. The molecular weight excluding hydrogens is 278 g/mol. The third-order valence-electron chi connectivity index (χ3n) is 3.20. The van der Waals surface area contributed by atoms with Gasteiger partial charge in [0.1, 0.15) is 0 Å². The fraction of sp³-hybridized carbons (Fsp3) is 0.357. The van der Waals surface area contributed by atoms with Crippen LogP contribution >= 0.6 is 23.5 Å². The highest BCUT2D eigenvalue weighted by atomic mass is 32.2. The Hall–Kier alpha value is -0.910. The van der Waals surface area contributed by atoms with Crippen LogP contribution in [0.3, 0.4) is 0 Å². The van der Waals surface area contributed by atoms with Gasteiger partial charge in [0.15, 0.2) is 0 Å². The predicted octanol–water partition coefficient (Wildman–Crippen LogP) is 2.33. The second-order valence-electron chi connectivity index (χ2n) is 4.52. The van der Waals surface area contributed by atoms with Crippen LogP contribution in [-0.4, -0.2) is 29.4 Å². The number of aliphatic hydroxyl groups excluding tert-OH is 1. The molecule has 1 aromatic rings. The summed E-state index contributed by atoms with van der Waals surface area (Å²) in [5.41, 5.74) is 1.34. The molecule has 0 radical (unpaired) electrons. The Kier molecular flexibility index (Phi) is 3.86. The number of fused-ring (bicyclic) bond motifs is 3. The minimum Gasteiger partial charge on any atom is -0.396 e. The third kappa shape index (κ3) is 2.55. The average Bonchev–Trinajstić information content (AvgIpc) is 2.96. The molecule has 0 aliphatic carbocycles. The lowest BCUT2D eigenvalue weighted by Crippen LogP contribution is -2.25. The summed E-state index contributed by atoms with van der Waals surface area (Å²) in [7, 11) is 0. The molecular formula is C14H15NO2S2. The Morgan fingerprint density at radius 3 is 3.00 bits per heavy atom. The lowest BCUT2D eigenvalue weighted by molar-refractivity contribution is -0.116. The topological polar surface area (TPSA) is 49.3 Å². The summed E-state index contributed by atoms with van der Waals surface area (Å²) in [4.78, 5) is 14.1. The third-order valence-corrected chi connectivity index (χ3v) is 6.06. The van der Waals surface area contributed by atoms with E-state index < -0.39 is 0 Å². The largest absolute Gasteiger partial charge is 0.396 e. The fourth-order valence-electron chi connectivity index (χ4n) is 2.28. The fourth-order valence-corrected chi connectivity index (χ4v) is 5.26. The summed E-state index contributed by atoms with van der Waals surface area (Å²) in [6, 6.07) is 8.42. The highest BCUT2D eigenvalue weighted by molar-refractivity contribution is 8.07. The zero-order valence-corrected chi connectivity index (χ0v) is 12.0. The highest BCUT2D eigenvalue weighted by Crippen LogP contribution is 2.57. The van der Waals surface area contributed by atoms with Crippen LogP contribution in [0.25, 0.3) is 0 Å². The Labute approximate surface area is 120 Å².